The van der Waals surface area contributed by atoms with Gasteiger partial charge in [0.25, 0.3) is 0 Å². The van der Waals surface area contributed by atoms with Gasteiger partial charge in [-0.2, -0.15) is 0 Å². The quantitative estimate of drug-likeness (QED) is 0.769. The van der Waals surface area contributed by atoms with Crippen LogP contribution in [0.3, 0.4) is 0 Å². The van der Waals surface area contributed by atoms with E-state index in [2.05, 4.69) is 42.8 Å². The fourth-order valence-electron chi connectivity index (χ4n) is 3.18. The van der Waals surface area contributed by atoms with Crippen molar-refractivity contribution in [3.63, 3.8) is 0 Å². The van der Waals surface area contributed by atoms with Gasteiger partial charge in [0, 0.05) is 25.0 Å². The van der Waals surface area contributed by atoms with Crippen molar-refractivity contribution in [3.05, 3.63) is 11.8 Å². The van der Waals surface area contributed by atoms with Crippen LogP contribution in [-0.4, -0.2) is 40.4 Å². The average Bonchev–Trinajstić information content (AvgIpc) is 2.79. The molecule has 0 saturated heterocycles. The zero-order valence-corrected chi connectivity index (χ0v) is 13.3. The van der Waals surface area contributed by atoms with Gasteiger partial charge >= 0.3 is 0 Å². The molecule has 2 atom stereocenters. The van der Waals surface area contributed by atoms with E-state index >= 15 is 0 Å². The molecule has 1 heterocycles. The summed E-state index contributed by atoms with van der Waals surface area (Å²) in [6.45, 7) is 13.3. The van der Waals surface area contributed by atoms with Crippen molar-refractivity contribution in [2.45, 2.75) is 66.2 Å². The second-order valence-electron chi connectivity index (χ2n) is 6.20. The van der Waals surface area contributed by atoms with Crippen molar-refractivity contribution in [1.82, 2.24) is 15.1 Å². The average molecular weight is 281 g/mol. The topological polar surface area (TPSA) is 51.4 Å². The molecule has 114 valence electrons. The van der Waals surface area contributed by atoms with Crippen LogP contribution in [0, 0.1) is 12.3 Å². The molecule has 0 bridgehead atoms. The lowest BCUT2D eigenvalue weighted by molar-refractivity contribution is -0.152. The van der Waals surface area contributed by atoms with Gasteiger partial charge in [0.15, 0.2) is 0 Å². The Hall–Kier alpha value is -0.940. The van der Waals surface area contributed by atoms with Crippen molar-refractivity contribution in [2.75, 3.05) is 13.2 Å². The van der Waals surface area contributed by atoms with Gasteiger partial charge in [0.05, 0.1) is 12.6 Å². The molecule has 1 aromatic heterocycles. The zero-order chi connectivity index (χ0) is 14.8. The molecule has 1 aliphatic rings. The lowest BCUT2D eigenvalue weighted by Gasteiger charge is -2.55. The van der Waals surface area contributed by atoms with E-state index in [0.29, 0.717) is 23.9 Å². The van der Waals surface area contributed by atoms with Crippen LogP contribution in [0.1, 0.15) is 52.3 Å². The normalized spacial score (nSPS) is 24.9. The van der Waals surface area contributed by atoms with Crippen LogP contribution in [-0.2, 0) is 11.3 Å². The molecule has 0 spiro atoms. The van der Waals surface area contributed by atoms with E-state index in [1.165, 1.54) is 0 Å². The fraction of sp³-hybridized carbons (Fsp3) is 0.867. The summed E-state index contributed by atoms with van der Waals surface area (Å²) in [6.07, 6.45) is 2.58. The summed E-state index contributed by atoms with van der Waals surface area (Å²) in [4.78, 5) is 2.46. The van der Waals surface area contributed by atoms with E-state index < -0.39 is 0 Å². The number of aromatic nitrogens is 2. The van der Waals surface area contributed by atoms with Crippen LogP contribution < -0.4 is 0 Å². The monoisotopic (exact) mass is 281 g/mol. The molecule has 0 aliphatic heterocycles. The van der Waals surface area contributed by atoms with E-state index in [-0.39, 0.29) is 5.41 Å². The molecule has 0 aromatic carbocycles. The molecule has 1 aliphatic carbocycles. The van der Waals surface area contributed by atoms with Gasteiger partial charge < -0.3 is 9.15 Å². The highest BCUT2D eigenvalue weighted by Crippen LogP contribution is 2.46. The molecule has 0 radical (unpaired) electrons. The van der Waals surface area contributed by atoms with Gasteiger partial charge in [-0.05, 0) is 26.3 Å². The summed E-state index contributed by atoms with van der Waals surface area (Å²) in [5.41, 5.74) is 0.181. The van der Waals surface area contributed by atoms with Crippen LogP contribution >= 0.6 is 0 Å². The highest BCUT2D eigenvalue weighted by Gasteiger charge is 2.51. The second-order valence-corrected chi connectivity index (χ2v) is 6.20. The Morgan fingerprint density at radius 3 is 2.60 bits per heavy atom. The molecular formula is C15H27N3O2. The summed E-state index contributed by atoms with van der Waals surface area (Å²) in [5, 5.41) is 8.04. The Balaban J connectivity index is 2.02. The molecule has 0 N–H and O–H groups in total. The third kappa shape index (κ3) is 3.04. The third-order valence-corrected chi connectivity index (χ3v) is 4.35. The maximum Gasteiger partial charge on any atom is 0.230 e. The van der Waals surface area contributed by atoms with E-state index in [4.69, 9.17) is 9.15 Å². The molecule has 2 rings (SSSR count). The SMILES string of the molecule is CCCN(Cc1nnc(C)o1)[C@H]1C[C@@H](OCC)C1(C)C. The standard InChI is InChI=1S/C15H27N3O2/c1-6-8-18(10-14-17-16-11(3)20-14)12-9-13(19-7-2)15(12,4)5/h12-13H,6-10H2,1-5H3/t12-,13+/m0/s1. The molecule has 20 heavy (non-hydrogen) atoms. The lowest BCUT2D eigenvalue weighted by atomic mass is 9.63. The summed E-state index contributed by atoms with van der Waals surface area (Å²) >= 11 is 0. The summed E-state index contributed by atoms with van der Waals surface area (Å²) < 4.78 is 11.4. The van der Waals surface area contributed by atoms with Gasteiger partial charge in [0.1, 0.15) is 0 Å². The van der Waals surface area contributed by atoms with Crippen LogP contribution in [0.5, 0.6) is 0 Å². The van der Waals surface area contributed by atoms with E-state index in [9.17, 15) is 0 Å². The van der Waals surface area contributed by atoms with Gasteiger partial charge in [-0.1, -0.05) is 20.8 Å². The number of ether oxygens (including phenoxy) is 1. The minimum Gasteiger partial charge on any atom is -0.424 e. The van der Waals surface area contributed by atoms with E-state index in [1.807, 2.05) is 6.92 Å². The Bertz CT molecular complexity index is 431. The highest BCUT2D eigenvalue weighted by molar-refractivity contribution is 5.04. The second kappa shape index (κ2) is 6.22. The molecule has 0 amide bonds. The summed E-state index contributed by atoms with van der Waals surface area (Å²) in [7, 11) is 0. The van der Waals surface area contributed by atoms with Gasteiger partial charge in [-0.15, -0.1) is 10.2 Å². The van der Waals surface area contributed by atoms with E-state index in [0.717, 1.165) is 32.5 Å². The number of hydrogen-bond donors (Lipinski definition) is 0. The maximum atomic E-state index is 5.83. The Labute approximate surface area is 121 Å². The van der Waals surface area contributed by atoms with Crippen LogP contribution in [0.2, 0.25) is 0 Å². The van der Waals surface area contributed by atoms with Gasteiger partial charge in [-0.25, -0.2) is 0 Å². The molecule has 5 nitrogen and oxygen atoms in total. The van der Waals surface area contributed by atoms with Crippen LogP contribution in [0.4, 0.5) is 0 Å². The zero-order valence-electron chi connectivity index (χ0n) is 13.3. The maximum absolute atomic E-state index is 5.83. The first-order chi connectivity index (χ1) is 9.48. The number of nitrogens with zero attached hydrogens (tertiary/aromatic N) is 3. The minimum absolute atomic E-state index is 0.181. The first-order valence-electron chi connectivity index (χ1n) is 7.63. The summed E-state index contributed by atoms with van der Waals surface area (Å²) in [6, 6.07) is 0.520. The predicted octanol–water partition coefficient (Wildman–Crippen LogP) is 2.79. The third-order valence-electron chi connectivity index (χ3n) is 4.35. The smallest absolute Gasteiger partial charge is 0.230 e. The Morgan fingerprint density at radius 2 is 2.10 bits per heavy atom. The largest absolute Gasteiger partial charge is 0.424 e. The highest BCUT2D eigenvalue weighted by atomic mass is 16.5. The number of rotatable bonds is 7. The molecule has 1 saturated carbocycles. The Kier molecular flexibility index (Phi) is 4.81. The van der Waals surface area contributed by atoms with E-state index in [1.54, 1.807) is 0 Å². The molecule has 1 aromatic rings. The molecule has 0 unspecified atom stereocenters. The number of aryl methyl sites for hydroxylation is 1. The predicted molar refractivity (Wildman–Crippen MR) is 77.3 cm³/mol. The molecular weight excluding hydrogens is 254 g/mol. The first-order valence-corrected chi connectivity index (χ1v) is 7.63. The van der Waals surface area contributed by atoms with Crippen LogP contribution in [0.15, 0.2) is 4.42 Å². The van der Waals surface area contributed by atoms with Crippen molar-refractivity contribution in [1.29, 1.82) is 0 Å². The molecule has 1 fully saturated rings. The van der Waals surface area contributed by atoms with Crippen molar-refractivity contribution in [2.24, 2.45) is 5.41 Å². The van der Waals surface area contributed by atoms with Gasteiger partial charge in [-0.3, -0.25) is 4.90 Å². The summed E-state index contributed by atoms with van der Waals surface area (Å²) in [5.74, 6) is 1.35. The fourth-order valence-corrected chi connectivity index (χ4v) is 3.18. The van der Waals surface area contributed by atoms with Crippen molar-refractivity contribution >= 4 is 0 Å². The molecule has 5 heteroatoms. The van der Waals surface area contributed by atoms with Crippen molar-refractivity contribution < 1.29 is 9.15 Å². The van der Waals surface area contributed by atoms with Crippen molar-refractivity contribution in [3.8, 4) is 0 Å². The van der Waals surface area contributed by atoms with Gasteiger partial charge in [0.2, 0.25) is 11.8 Å². The first kappa shape index (κ1) is 15.4. The Morgan fingerprint density at radius 1 is 1.35 bits per heavy atom. The van der Waals surface area contributed by atoms with Crippen LogP contribution in [0.25, 0.3) is 0 Å². The minimum atomic E-state index is 0.181. The lowest BCUT2D eigenvalue weighted by Crippen LogP contribution is -2.62. The number of hydrogen-bond acceptors (Lipinski definition) is 5.